The summed E-state index contributed by atoms with van der Waals surface area (Å²) in [5.74, 6) is -3.53. The number of alkyl halides is 12. The van der Waals surface area contributed by atoms with Crippen LogP contribution in [0, 0.1) is 5.92 Å². The molecule has 300 valence electrons. The number of nitrogens with two attached hydrogens (primary N) is 1. The second-order valence-corrected chi connectivity index (χ2v) is 13.2. The number of nitrogens with zero attached hydrogens (tertiary/aromatic N) is 4. The van der Waals surface area contributed by atoms with E-state index >= 15 is 0 Å². The Morgan fingerprint density at radius 3 is 1.96 bits per heavy atom. The third kappa shape index (κ3) is 9.18. The first-order valence-corrected chi connectivity index (χ1v) is 16.5. The number of piperidine rings is 1. The predicted octanol–water partition coefficient (Wildman–Crippen LogP) is 8.53. The molecule has 0 spiro atoms. The number of benzene rings is 2. The van der Waals surface area contributed by atoms with E-state index in [9.17, 15) is 67.4 Å². The maximum atomic E-state index is 14.0. The van der Waals surface area contributed by atoms with Crippen LogP contribution in [0.1, 0.15) is 77.9 Å². The summed E-state index contributed by atoms with van der Waals surface area (Å²) in [6, 6.07) is 2.86. The van der Waals surface area contributed by atoms with E-state index in [4.69, 9.17) is 5.73 Å². The topological polar surface area (TPSA) is 122 Å². The van der Waals surface area contributed by atoms with Crippen molar-refractivity contribution in [2.45, 2.75) is 75.3 Å². The third-order valence-electron chi connectivity index (χ3n) is 9.51. The molecule has 3 N–H and O–H groups in total. The van der Waals surface area contributed by atoms with Gasteiger partial charge in [-0.1, -0.05) is 6.92 Å². The monoisotopic (exact) mass is 801 g/mol. The number of fused-ring (bicyclic) bond motifs is 1. The Kier molecular flexibility index (Phi) is 11.0. The summed E-state index contributed by atoms with van der Waals surface area (Å²) in [7, 11) is 0. The van der Waals surface area contributed by atoms with E-state index in [0.717, 1.165) is 12.3 Å². The Balaban J connectivity index is 1.68. The minimum atomic E-state index is -5.20. The zero-order valence-electron chi connectivity index (χ0n) is 28.4. The summed E-state index contributed by atoms with van der Waals surface area (Å²) in [5, 5.41) is 9.45. The van der Waals surface area contributed by atoms with Crippen LogP contribution in [0.15, 0.2) is 42.6 Å². The van der Waals surface area contributed by atoms with Gasteiger partial charge in [0.15, 0.2) is 6.61 Å². The van der Waals surface area contributed by atoms with E-state index in [-0.39, 0.29) is 61.2 Å². The molecule has 2 aliphatic rings. The van der Waals surface area contributed by atoms with Gasteiger partial charge in [-0.05, 0) is 73.2 Å². The first-order valence-electron chi connectivity index (χ1n) is 16.5. The fourth-order valence-corrected chi connectivity index (χ4v) is 6.70. The molecule has 0 radical (unpaired) electrons. The van der Waals surface area contributed by atoms with Crippen molar-refractivity contribution in [1.82, 2.24) is 9.97 Å². The third-order valence-corrected chi connectivity index (χ3v) is 9.51. The minimum absolute atomic E-state index is 0.0566. The van der Waals surface area contributed by atoms with Crippen molar-refractivity contribution in [3.8, 4) is 0 Å². The Morgan fingerprint density at radius 1 is 0.873 bits per heavy atom. The standard InChI is InChI=1S/C34H31F12N5O4/c1-2-30(47)14-23(22-13-19(32(38,39)40)3-4-25(22)51(30)29(54)55-16-31(35,36)37)27-48-15-26(50-7-5-18(6-8-50)28(52)53)24(49-27)11-17-9-20(33(41,42)43)12-21(10-17)34(44,45)46/h3-4,9-10,12-13,15,18,23H,2,5-8,11,14,16,47H2,1H3,(H,52,53)/t23-,30+/m0/s1. The number of ether oxygens (including phenoxy) is 1. The summed E-state index contributed by atoms with van der Waals surface area (Å²) in [4.78, 5) is 35.7. The maximum Gasteiger partial charge on any atom is 0.422 e. The number of amides is 1. The summed E-state index contributed by atoms with van der Waals surface area (Å²) >= 11 is 0. The van der Waals surface area contributed by atoms with Crippen LogP contribution in [-0.4, -0.2) is 58.7 Å². The second kappa shape index (κ2) is 14.7. The number of carboxylic acid groups (broad SMARTS) is 1. The molecule has 0 saturated carbocycles. The van der Waals surface area contributed by atoms with Gasteiger partial charge in [-0.2, -0.15) is 52.7 Å². The molecule has 0 aliphatic carbocycles. The fraction of sp³-hybridized carbons (Fsp3) is 0.471. The lowest BCUT2D eigenvalue weighted by Crippen LogP contribution is -2.62. The molecule has 1 saturated heterocycles. The van der Waals surface area contributed by atoms with Crippen LogP contribution in [0.3, 0.4) is 0 Å². The second-order valence-electron chi connectivity index (χ2n) is 13.2. The van der Waals surface area contributed by atoms with Gasteiger partial charge in [0.25, 0.3) is 0 Å². The lowest BCUT2D eigenvalue weighted by molar-refractivity contribution is -0.160. The molecule has 3 aromatic rings. The number of aliphatic carboxylic acids is 1. The summed E-state index contributed by atoms with van der Waals surface area (Å²) in [6.45, 7) is -0.509. The number of hydrogen-bond donors (Lipinski definition) is 2. The molecular formula is C34H31F12N5O4. The Morgan fingerprint density at radius 2 is 1.45 bits per heavy atom. The van der Waals surface area contributed by atoms with E-state index in [1.807, 2.05) is 0 Å². The van der Waals surface area contributed by atoms with Gasteiger partial charge < -0.3 is 20.5 Å². The highest BCUT2D eigenvalue weighted by molar-refractivity contribution is 5.91. The van der Waals surface area contributed by atoms with E-state index in [2.05, 4.69) is 14.7 Å². The minimum Gasteiger partial charge on any atom is -0.481 e. The van der Waals surface area contributed by atoms with Gasteiger partial charge in [0, 0.05) is 25.4 Å². The van der Waals surface area contributed by atoms with Gasteiger partial charge in [-0.15, -0.1) is 0 Å². The van der Waals surface area contributed by atoms with Gasteiger partial charge >= 0.3 is 36.8 Å². The molecule has 5 rings (SSSR count). The Hall–Kier alpha value is -4.82. The first kappa shape index (κ1) is 41.3. The van der Waals surface area contributed by atoms with E-state index < -0.39 is 102 Å². The largest absolute Gasteiger partial charge is 0.481 e. The fourth-order valence-electron chi connectivity index (χ4n) is 6.70. The predicted molar refractivity (Wildman–Crippen MR) is 169 cm³/mol. The molecule has 2 aliphatic heterocycles. The van der Waals surface area contributed by atoms with Crippen LogP contribution in [0.25, 0.3) is 0 Å². The van der Waals surface area contributed by atoms with Crippen LogP contribution in [-0.2, 0) is 34.5 Å². The normalized spacial score (nSPS) is 20.0. The highest BCUT2D eigenvalue weighted by Gasteiger charge is 2.48. The van der Waals surface area contributed by atoms with Crippen molar-refractivity contribution in [3.63, 3.8) is 0 Å². The first-order chi connectivity index (χ1) is 25.3. The molecule has 0 unspecified atom stereocenters. The molecule has 2 atom stereocenters. The van der Waals surface area contributed by atoms with Gasteiger partial charge in [0.05, 0.1) is 45.9 Å². The van der Waals surface area contributed by atoms with Crippen LogP contribution in [0.2, 0.25) is 0 Å². The quantitative estimate of drug-likeness (QED) is 0.228. The van der Waals surface area contributed by atoms with Crippen molar-refractivity contribution >= 4 is 23.4 Å². The average Bonchev–Trinajstić information content (AvgIpc) is 3.08. The highest BCUT2D eigenvalue weighted by Crippen LogP contribution is 2.48. The van der Waals surface area contributed by atoms with Gasteiger partial charge in [-0.25, -0.2) is 14.8 Å². The number of carbonyl (C=O) groups is 2. The number of hydrogen-bond acceptors (Lipinski definition) is 7. The number of aromatic nitrogens is 2. The van der Waals surface area contributed by atoms with Crippen LogP contribution in [0.4, 0.5) is 68.9 Å². The Bertz CT molecular complexity index is 1890. The molecule has 1 aromatic heterocycles. The van der Waals surface area contributed by atoms with Crippen molar-refractivity contribution in [2.24, 2.45) is 11.7 Å². The molecule has 0 bridgehead atoms. The van der Waals surface area contributed by atoms with Crippen molar-refractivity contribution in [1.29, 1.82) is 0 Å². The lowest BCUT2D eigenvalue weighted by atomic mass is 9.80. The number of rotatable bonds is 7. The molecule has 2 aromatic carbocycles. The number of carboxylic acids is 1. The Labute approximate surface area is 304 Å². The molecule has 1 fully saturated rings. The zero-order chi connectivity index (χ0) is 40.9. The number of anilines is 2. The van der Waals surface area contributed by atoms with Crippen LogP contribution in [0.5, 0.6) is 0 Å². The molecular weight excluding hydrogens is 770 g/mol. The van der Waals surface area contributed by atoms with Crippen molar-refractivity contribution in [3.05, 3.63) is 81.9 Å². The molecule has 9 nitrogen and oxygen atoms in total. The van der Waals surface area contributed by atoms with Crippen LogP contribution < -0.4 is 15.5 Å². The number of carbonyl (C=O) groups excluding carboxylic acids is 1. The van der Waals surface area contributed by atoms with Crippen molar-refractivity contribution in [2.75, 3.05) is 29.5 Å². The lowest BCUT2D eigenvalue weighted by Gasteiger charge is -2.46. The molecule has 1 amide bonds. The maximum absolute atomic E-state index is 14.0. The average molecular weight is 802 g/mol. The van der Waals surface area contributed by atoms with Gasteiger partial charge in [0.2, 0.25) is 0 Å². The number of halogens is 12. The summed E-state index contributed by atoms with van der Waals surface area (Å²) in [6.07, 6.45) is -22.1. The van der Waals surface area contributed by atoms with E-state index in [1.54, 1.807) is 4.90 Å². The molecule has 21 heteroatoms. The van der Waals surface area contributed by atoms with E-state index in [0.29, 0.717) is 29.2 Å². The smallest absolute Gasteiger partial charge is 0.422 e. The zero-order valence-corrected chi connectivity index (χ0v) is 28.4. The van der Waals surface area contributed by atoms with E-state index in [1.165, 1.54) is 6.92 Å². The SMILES string of the molecule is CC[C@]1(N)C[C@H](c2ncc(N3CCC(C(=O)O)CC3)c(Cc3cc(C(F)(F)F)cc(C(F)(F)F)c3)n2)c2cc(C(F)(F)F)ccc2N1C(=O)OCC(F)(F)F. The van der Waals surface area contributed by atoms with Gasteiger partial charge in [0.1, 0.15) is 11.5 Å². The summed E-state index contributed by atoms with van der Waals surface area (Å²) < 4.78 is 168. The molecule has 55 heavy (non-hydrogen) atoms. The van der Waals surface area contributed by atoms with Gasteiger partial charge in [-0.3, -0.25) is 9.69 Å². The van der Waals surface area contributed by atoms with Crippen molar-refractivity contribution < 1.29 is 72.1 Å². The molecule has 3 heterocycles. The van der Waals surface area contributed by atoms with Crippen LogP contribution >= 0.6 is 0 Å². The highest BCUT2D eigenvalue weighted by atomic mass is 19.4. The summed E-state index contributed by atoms with van der Waals surface area (Å²) in [5.41, 5.74) is -1.18.